The molecule has 9 nitrogen and oxygen atoms in total. The lowest BCUT2D eigenvalue weighted by Gasteiger charge is -2.10. The third-order valence-electron chi connectivity index (χ3n) is 2.54. The largest absolute Gasteiger partial charge is 0.379 e. The van der Waals surface area contributed by atoms with Gasteiger partial charge in [-0.25, -0.2) is 17.6 Å². The van der Waals surface area contributed by atoms with E-state index in [2.05, 4.69) is 15.1 Å². The van der Waals surface area contributed by atoms with Crippen LogP contribution in [0.3, 0.4) is 0 Å². The first-order valence-electron chi connectivity index (χ1n) is 6.23. The number of carbonyl (C=O) groups is 1. The van der Waals surface area contributed by atoms with Crippen LogP contribution in [0.4, 0.5) is 23.2 Å². The number of ether oxygens (including phenoxy) is 1. The standard InChI is InChI=1S/C11H9F4N7O2/c12-6-5(7(13)9(15)10(8(6)14)20-22-17)11(23)18-1-3-24-4-2-19-21-16/h1-4H2,(H,18,23). The topological polar surface area (TPSA) is 136 Å². The van der Waals surface area contributed by atoms with Gasteiger partial charge >= 0.3 is 0 Å². The summed E-state index contributed by atoms with van der Waals surface area (Å²) in [6.07, 6.45) is 0. The number of rotatable bonds is 8. The molecule has 0 radical (unpaired) electrons. The number of amides is 1. The van der Waals surface area contributed by atoms with Gasteiger partial charge < -0.3 is 10.1 Å². The first kappa shape index (κ1) is 19.0. The number of nitrogens with one attached hydrogen (secondary N) is 1. The van der Waals surface area contributed by atoms with Crippen LogP contribution in [0.25, 0.3) is 20.9 Å². The Balaban J connectivity index is 2.81. The van der Waals surface area contributed by atoms with Crippen molar-refractivity contribution < 1.29 is 27.1 Å². The summed E-state index contributed by atoms with van der Waals surface area (Å²) in [7, 11) is 0. The smallest absolute Gasteiger partial charge is 0.257 e. The molecule has 1 amide bonds. The van der Waals surface area contributed by atoms with Crippen molar-refractivity contribution in [3.63, 3.8) is 0 Å². The highest BCUT2D eigenvalue weighted by molar-refractivity contribution is 5.95. The average molecular weight is 347 g/mol. The number of benzene rings is 1. The van der Waals surface area contributed by atoms with E-state index < -0.39 is 40.4 Å². The van der Waals surface area contributed by atoms with Gasteiger partial charge in [-0.1, -0.05) is 10.2 Å². The quantitative estimate of drug-likeness (QED) is 0.193. The van der Waals surface area contributed by atoms with Gasteiger partial charge in [0.25, 0.3) is 5.91 Å². The maximum atomic E-state index is 13.7. The SMILES string of the molecule is [N-]=[N+]=NCCOCCNC(=O)c1c(F)c(F)c(N=[N+]=[N-])c(F)c1F. The van der Waals surface area contributed by atoms with Gasteiger partial charge in [0.05, 0.1) is 13.2 Å². The molecule has 0 heterocycles. The van der Waals surface area contributed by atoms with Crippen LogP contribution in [0.5, 0.6) is 0 Å². The van der Waals surface area contributed by atoms with Crippen LogP contribution in [0.2, 0.25) is 0 Å². The fourth-order valence-electron chi connectivity index (χ4n) is 1.53. The van der Waals surface area contributed by atoms with Crippen LogP contribution >= 0.6 is 0 Å². The molecule has 0 bridgehead atoms. The number of nitrogens with zero attached hydrogens (tertiary/aromatic N) is 6. The average Bonchev–Trinajstić information content (AvgIpc) is 2.56. The predicted molar refractivity (Wildman–Crippen MR) is 72.2 cm³/mol. The van der Waals surface area contributed by atoms with E-state index in [0.29, 0.717) is 0 Å². The van der Waals surface area contributed by atoms with Crippen LogP contribution in [-0.4, -0.2) is 32.2 Å². The Kier molecular flexibility index (Phi) is 7.30. The lowest BCUT2D eigenvalue weighted by atomic mass is 10.1. The molecule has 1 rings (SSSR count). The summed E-state index contributed by atoms with van der Waals surface area (Å²) >= 11 is 0. The van der Waals surface area contributed by atoms with Crippen molar-refractivity contribution in [2.75, 3.05) is 26.3 Å². The zero-order valence-electron chi connectivity index (χ0n) is 11.8. The molecule has 0 spiro atoms. The lowest BCUT2D eigenvalue weighted by molar-refractivity contribution is 0.0909. The summed E-state index contributed by atoms with van der Waals surface area (Å²) < 4.78 is 59.3. The third-order valence-corrected chi connectivity index (χ3v) is 2.54. The highest BCUT2D eigenvalue weighted by Crippen LogP contribution is 2.30. The molecule has 128 valence electrons. The van der Waals surface area contributed by atoms with Crippen LogP contribution in [0.1, 0.15) is 10.4 Å². The second kappa shape index (κ2) is 9.20. The van der Waals surface area contributed by atoms with Gasteiger partial charge in [0.2, 0.25) is 0 Å². The molecule has 24 heavy (non-hydrogen) atoms. The molecular formula is C11H9F4N7O2. The van der Waals surface area contributed by atoms with E-state index in [1.807, 2.05) is 10.2 Å². The van der Waals surface area contributed by atoms with E-state index in [0.717, 1.165) is 0 Å². The zero-order chi connectivity index (χ0) is 18.1. The molecule has 0 atom stereocenters. The normalized spacial score (nSPS) is 9.83. The number of hydrogen-bond acceptors (Lipinski definition) is 4. The third kappa shape index (κ3) is 4.49. The van der Waals surface area contributed by atoms with Crippen molar-refractivity contribution in [3.05, 3.63) is 49.7 Å². The molecular weight excluding hydrogens is 338 g/mol. The Labute approximate surface area is 131 Å². The summed E-state index contributed by atoms with van der Waals surface area (Å²) in [6, 6.07) is 0. The Bertz CT molecular complexity index is 701. The number of hydrogen-bond donors (Lipinski definition) is 1. The van der Waals surface area contributed by atoms with Crippen LogP contribution in [0, 0.1) is 23.3 Å². The molecule has 0 saturated carbocycles. The van der Waals surface area contributed by atoms with Crippen LogP contribution < -0.4 is 5.32 Å². The number of halogens is 4. The maximum Gasteiger partial charge on any atom is 0.257 e. The monoisotopic (exact) mass is 347 g/mol. The first-order chi connectivity index (χ1) is 11.5. The van der Waals surface area contributed by atoms with Gasteiger partial charge in [0.15, 0.2) is 23.3 Å². The van der Waals surface area contributed by atoms with Crippen molar-refractivity contribution >= 4 is 11.6 Å². The van der Waals surface area contributed by atoms with Crippen molar-refractivity contribution in [2.45, 2.75) is 0 Å². The van der Waals surface area contributed by atoms with Crippen LogP contribution in [-0.2, 0) is 4.74 Å². The molecule has 0 unspecified atom stereocenters. The van der Waals surface area contributed by atoms with Crippen LogP contribution in [0.15, 0.2) is 10.2 Å². The van der Waals surface area contributed by atoms with Gasteiger partial charge in [-0.3, -0.25) is 4.79 Å². The molecule has 13 heteroatoms. The van der Waals surface area contributed by atoms with Gasteiger partial charge in [-0.15, -0.1) is 0 Å². The summed E-state index contributed by atoms with van der Waals surface area (Å²) in [4.78, 5) is 16.2. The fourth-order valence-corrected chi connectivity index (χ4v) is 1.53. The molecule has 0 aliphatic rings. The summed E-state index contributed by atoms with van der Waals surface area (Å²) in [5.74, 6) is -9.37. The minimum Gasteiger partial charge on any atom is -0.379 e. The van der Waals surface area contributed by atoms with Gasteiger partial charge in [0.1, 0.15) is 11.3 Å². The fraction of sp³-hybridized carbons (Fsp3) is 0.364. The minimum absolute atomic E-state index is 0.0466. The van der Waals surface area contributed by atoms with E-state index in [4.69, 9.17) is 15.8 Å². The van der Waals surface area contributed by atoms with Gasteiger partial charge in [0, 0.05) is 22.9 Å². The zero-order valence-corrected chi connectivity index (χ0v) is 11.8. The van der Waals surface area contributed by atoms with Gasteiger partial charge in [-0.05, 0) is 11.1 Å². The highest BCUT2D eigenvalue weighted by atomic mass is 19.2. The van der Waals surface area contributed by atoms with E-state index in [1.165, 1.54) is 0 Å². The lowest BCUT2D eigenvalue weighted by Crippen LogP contribution is -2.29. The van der Waals surface area contributed by atoms with Crippen molar-refractivity contribution in [2.24, 2.45) is 10.2 Å². The molecule has 0 fully saturated rings. The number of azide groups is 2. The Morgan fingerprint density at radius 1 is 1.04 bits per heavy atom. The van der Waals surface area contributed by atoms with E-state index in [-0.39, 0.29) is 26.3 Å². The molecule has 0 saturated heterocycles. The van der Waals surface area contributed by atoms with Crippen molar-refractivity contribution in [1.29, 1.82) is 0 Å². The Morgan fingerprint density at radius 3 is 2.21 bits per heavy atom. The Morgan fingerprint density at radius 2 is 1.67 bits per heavy atom. The van der Waals surface area contributed by atoms with E-state index >= 15 is 0 Å². The molecule has 1 aromatic rings. The first-order valence-corrected chi connectivity index (χ1v) is 6.23. The minimum atomic E-state index is -1.99. The van der Waals surface area contributed by atoms with Crippen molar-refractivity contribution in [1.82, 2.24) is 5.32 Å². The summed E-state index contributed by atoms with van der Waals surface area (Å²) in [5, 5.41) is 7.67. The Hall–Kier alpha value is -3.01. The molecule has 1 aromatic carbocycles. The maximum absolute atomic E-state index is 13.7. The summed E-state index contributed by atoms with van der Waals surface area (Å²) in [6.45, 7) is -0.231. The molecule has 1 N–H and O–H groups in total. The molecule has 0 aliphatic carbocycles. The van der Waals surface area contributed by atoms with Crippen molar-refractivity contribution in [3.8, 4) is 0 Å². The number of carbonyl (C=O) groups excluding carboxylic acids is 1. The highest BCUT2D eigenvalue weighted by Gasteiger charge is 2.28. The summed E-state index contributed by atoms with van der Waals surface area (Å²) in [5.41, 5.74) is 13.1. The van der Waals surface area contributed by atoms with E-state index in [9.17, 15) is 22.4 Å². The van der Waals surface area contributed by atoms with Gasteiger partial charge in [-0.2, -0.15) is 0 Å². The molecule has 0 aliphatic heterocycles. The predicted octanol–water partition coefficient (Wildman–Crippen LogP) is 3.24. The molecule has 0 aromatic heterocycles. The second-order valence-corrected chi connectivity index (χ2v) is 3.99. The second-order valence-electron chi connectivity index (χ2n) is 3.99. The van der Waals surface area contributed by atoms with E-state index in [1.54, 1.807) is 0 Å².